The molecule has 0 spiro atoms. The Balaban J connectivity index is 2.10. The van der Waals surface area contributed by atoms with Gasteiger partial charge in [0.1, 0.15) is 18.9 Å². The third kappa shape index (κ3) is 2.74. The Labute approximate surface area is 113 Å². The van der Waals surface area contributed by atoms with E-state index in [1.54, 1.807) is 0 Å². The normalized spacial score (nSPS) is 21.8. The number of carbonyl (C=O) groups is 3. The summed E-state index contributed by atoms with van der Waals surface area (Å²) in [6.45, 7) is -0.318. The van der Waals surface area contributed by atoms with Crippen molar-refractivity contribution in [3.8, 4) is 0 Å². The lowest BCUT2D eigenvalue weighted by molar-refractivity contribution is -0.148. The fraction of sp³-hybridized carbons (Fsp3) is 0.545. The Hall–Kier alpha value is -1.54. The van der Waals surface area contributed by atoms with E-state index in [1.807, 2.05) is 0 Å². The summed E-state index contributed by atoms with van der Waals surface area (Å²) in [5.74, 6) is -1.51. The van der Waals surface area contributed by atoms with Gasteiger partial charge < -0.3 is 14.6 Å². The van der Waals surface area contributed by atoms with Gasteiger partial charge in [-0.15, -0.1) is 11.8 Å². The lowest BCUT2D eigenvalue weighted by Gasteiger charge is -2.43. The van der Waals surface area contributed by atoms with Crippen molar-refractivity contribution in [1.82, 2.24) is 4.90 Å². The van der Waals surface area contributed by atoms with Gasteiger partial charge in [0, 0.05) is 18.4 Å². The zero-order valence-corrected chi connectivity index (χ0v) is 11.1. The van der Waals surface area contributed by atoms with Crippen molar-refractivity contribution in [2.24, 2.45) is 0 Å². The summed E-state index contributed by atoms with van der Waals surface area (Å²) in [6.07, 6.45) is 0.359. The Morgan fingerprint density at radius 2 is 2.26 bits per heavy atom. The number of amides is 1. The van der Waals surface area contributed by atoms with Crippen molar-refractivity contribution in [3.05, 3.63) is 11.3 Å². The summed E-state index contributed by atoms with van der Waals surface area (Å²) in [5, 5.41) is 9.09. The molecule has 0 saturated carbocycles. The topological polar surface area (TPSA) is 93.1 Å². The molecule has 1 saturated heterocycles. The van der Waals surface area contributed by atoms with Crippen LogP contribution in [-0.4, -0.2) is 59.3 Å². The number of carboxylic acid groups (broad SMARTS) is 1. The van der Waals surface area contributed by atoms with Crippen LogP contribution in [0.3, 0.4) is 0 Å². The summed E-state index contributed by atoms with van der Waals surface area (Å²) in [4.78, 5) is 35.1. The smallest absolute Gasteiger partial charge is 0.352 e. The molecule has 2 aliphatic heterocycles. The molecule has 0 aromatic carbocycles. The first-order valence-electron chi connectivity index (χ1n) is 5.58. The average Bonchev–Trinajstić information content (AvgIpc) is 2.35. The van der Waals surface area contributed by atoms with Crippen molar-refractivity contribution >= 4 is 29.6 Å². The molecule has 0 radical (unpaired) electrons. The molecule has 0 unspecified atom stereocenters. The second kappa shape index (κ2) is 5.62. The third-order valence-electron chi connectivity index (χ3n) is 2.80. The molecule has 0 aliphatic carbocycles. The van der Waals surface area contributed by atoms with Crippen molar-refractivity contribution in [3.63, 3.8) is 0 Å². The summed E-state index contributed by atoms with van der Waals surface area (Å²) in [5.41, 5.74) is 0.386. The van der Waals surface area contributed by atoms with Crippen LogP contribution < -0.4 is 0 Å². The number of nitrogens with zero attached hydrogens (tertiary/aromatic N) is 1. The molecule has 2 heterocycles. The number of thioether (sulfide) groups is 1. The maximum atomic E-state index is 11.5. The maximum Gasteiger partial charge on any atom is 0.352 e. The second-order valence-corrected chi connectivity index (χ2v) is 5.25. The Morgan fingerprint density at radius 3 is 2.84 bits per heavy atom. The molecule has 19 heavy (non-hydrogen) atoms. The molecule has 0 bridgehead atoms. The van der Waals surface area contributed by atoms with Crippen LogP contribution in [0.5, 0.6) is 0 Å². The summed E-state index contributed by atoms with van der Waals surface area (Å²) >= 11 is 1.47. The number of methoxy groups -OCH3 is 1. The molecule has 0 aromatic rings. The molecule has 1 atom stereocenters. The first-order valence-corrected chi connectivity index (χ1v) is 6.63. The number of esters is 1. The molecule has 1 N–H and O–H groups in total. The van der Waals surface area contributed by atoms with Gasteiger partial charge in [-0.05, 0) is 0 Å². The van der Waals surface area contributed by atoms with E-state index >= 15 is 0 Å². The number of rotatable bonds is 5. The summed E-state index contributed by atoms with van der Waals surface area (Å²) in [7, 11) is 1.36. The number of carboxylic acids is 1. The van der Waals surface area contributed by atoms with Crippen LogP contribution in [0.15, 0.2) is 11.3 Å². The highest BCUT2D eigenvalue weighted by Crippen LogP contribution is 2.39. The van der Waals surface area contributed by atoms with E-state index in [2.05, 4.69) is 4.74 Å². The molecule has 2 rings (SSSR count). The number of aliphatic carboxylic acids is 1. The van der Waals surface area contributed by atoms with Crippen molar-refractivity contribution in [2.75, 3.05) is 26.1 Å². The predicted molar refractivity (Wildman–Crippen MR) is 65.2 cm³/mol. The van der Waals surface area contributed by atoms with Crippen molar-refractivity contribution < 1.29 is 29.0 Å². The highest BCUT2D eigenvalue weighted by Gasteiger charge is 2.45. The van der Waals surface area contributed by atoms with Crippen LogP contribution in [0, 0.1) is 0 Å². The van der Waals surface area contributed by atoms with Gasteiger partial charge in [-0.25, -0.2) is 9.59 Å². The maximum absolute atomic E-state index is 11.5. The van der Waals surface area contributed by atoms with E-state index in [0.717, 1.165) is 0 Å². The van der Waals surface area contributed by atoms with Crippen molar-refractivity contribution in [2.45, 2.75) is 11.8 Å². The van der Waals surface area contributed by atoms with E-state index in [9.17, 15) is 19.5 Å². The quantitative estimate of drug-likeness (QED) is 0.553. The van der Waals surface area contributed by atoms with E-state index in [0.29, 0.717) is 17.7 Å². The van der Waals surface area contributed by atoms with Crippen LogP contribution in [0.2, 0.25) is 0 Å². The minimum absolute atomic E-state index is 0.0507. The van der Waals surface area contributed by atoms with Crippen LogP contribution in [-0.2, 0) is 23.9 Å². The Morgan fingerprint density at radius 1 is 1.53 bits per heavy atom. The molecule has 2 aliphatic rings. The van der Waals surface area contributed by atoms with E-state index in [1.165, 1.54) is 23.8 Å². The summed E-state index contributed by atoms with van der Waals surface area (Å²) < 4.78 is 9.52. The van der Waals surface area contributed by atoms with E-state index in [-0.39, 0.29) is 30.2 Å². The number of carbonyl (C=O) groups excluding carboxylic acids is 2. The molecule has 104 valence electrons. The van der Waals surface area contributed by atoms with Gasteiger partial charge in [0.05, 0.1) is 11.8 Å². The number of ether oxygens (including phenoxy) is 2. The van der Waals surface area contributed by atoms with Crippen LogP contribution in [0.25, 0.3) is 0 Å². The Kier molecular flexibility index (Phi) is 4.11. The highest BCUT2D eigenvalue weighted by atomic mass is 32.2. The van der Waals surface area contributed by atoms with E-state index < -0.39 is 11.9 Å². The monoisotopic (exact) mass is 287 g/mol. The van der Waals surface area contributed by atoms with Gasteiger partial charge in [-0.2, -0.15) is 0 Å². The zero-order chi connectivity index (χ0) is 14.0. The fourth-order valence-corrected chi connectivity index (χ4v) is 3.16. The lowest BCUT2D eigenvalue weighted by Crippen LogP contribution is -2.54. The SMILES string of the molecule is COCC(=O)OCC1=C(C(=O)O)N2C(=O)C[C@H]2SC1. The van der Waals surface area contributed by atoms with Gasteiger partial charge in [-0.1, -0.05) is 0 Å². The largest absolute Gasteiger partial charge is 0.477 e. The van der Waals surface area contributed by atoms with Gasteiger partial charge in [0.15, 0.2) is 0 Å². The van der Waals surface area contributed by atoms with Crippen LogP contribution >= 0.6 is 11.8 Å². The summed E-state index contributed by atoms with van der Waals surface area (Å²) in [6, 6.07) is 0. The van der Waals surface area contributed by atoms with Gasteiger partial charge >= 0.3 is 11.9 Å². The van der Waals surface area contributed by atoms with Gasteiger partial charge in [0.25, 0.3) is 0 Å². The predicted octanol–water partition coefficient (Wildman–Crippen LogP) is -0.180. The van der Waals surface area contributed by atoms with Crippen LogP contribution in [0.4, 0.5) is 0 Å². The number of hydrogen-bond acceptors (Lipinski definition) is 6. The molecular weight excluding hydrogens is 274 g/mol. The zero-order valence-electron chi connectivity index (χ0n) is 10.2. The fourth-order valence-electron chi connectivity index (χ4n) is 1.92. The molecular formula is C11H13NO6S. The van der Waals surface area contributed by atoms with Gasteiger partial charge in [0.2, 0.25) is 5.91 Å². The number of fused-ring (bicyclic) bond motifs is 1. The molecule has 8 heteroatoms. The molecule has 1 amide bonds. The van der Waals surface area contributed by atoms with E-state index in [4.69, 9.17) is 4.74 Å². The molecule has 1 fully saturated rings. The second-order valence-electron chi connectivity index (χ2n) is 4.08. The first-order chi connectivity index (χ1) is 9.04. The highest BCUT2D eigenvalue weighted by molar-refractivity contribution is 8.00. The number of hydrogen-bond donors (Lipinski definition) is 1. The lowest BCUT2D eigenvalue weighted by atomic mass is 10.1. The minimum Gasteiger partial charge on any atom is -0.477 e. The van der Waals surface area contributed by atoms with Gasteiger partial charge in [-0.3, -0.25) is 9.69 Å². The van der Waals surface area contributed by atoms with Crippen molar-refractivity contribution in [1.29, 1.82) is 0 Å². The first kappa shape index (κ1) is 13.9. The average molecular weight is 287 g/mol. The molecule has 0 aromatic heterocycles. The Bertz CT molecular complexity index is 460. The van der Waals surface area contributed by atoms with Crippen LogP contribution in [0.1, 0.15) is 6.42 Å². The molecule has 7 nitrogen and oxygen atoms in total. The number of β-lactam (4-membered cyclic amide) rings is 1. The standard InChI is InChI=1S/C11H13NO6S/c1-17-4-9(14)18-3-6-5-19-8-2-7(13)12(8)10(6)11(15)16/h8H,2-5H2,1H3,(H,15,16)/t8-/m1/s1. The third-order valence-corrected chi connectivity index (χ3v) is 4.08. The minimum atomic E-state index is -1.17.